The topological polar surface area (TPSA) is 59.8 Å². The van der Waals surface area contributed by atoms with Crippen molar-refractivity contribution in [1.82, 2.24) is 20.1 Å². The predicted molar refractivity (Wildman–Crippen MR) is 107 cm³/mol. The Hall–Kier alpha value is -2.96. The van der Waals surface area contributed by atoms with Gasteiger partial charge >= 0.3 is 0 Å². The first kappa shape index (κ1) is 17.5. The number of carbonyl (C=O) groups excluding carboxylic acids is 1. The Bertz CT molecular complexity index is 1070. The number of hydrogen-bond donors (Lipinski definition) is 1. The number of nitrogens with one attached hydrogen (secondary N) is 1. The summed E-state index contributed by atoms with van der Waals surface area (Å²) in [4.78, 5) is 17.0. The molecule has 0 atom stereocenters. The van der Waals surface area contributed by atoms with Gasteiger partial charge in [-0.3, -0.25) is 4.79 Å². The van der Waals surface area contributed by atoms with E-state index in [0.29, 0.717) is 17.3 Å². The number of amides is 1. The number of hydrogen-bond acceptors (Lipinski definition) is 4. The minimum absolute atomic E-state index is 0.253. The molecule has 5 nitrogen and oxygen atoms in total. The molecule has 1 N–H and O–H groups in total. The zero-order valence-electron chi connectivity index (χ0n) is 14.2. The molecule has 0 bridgehead atoms. The number of nitrogens with zero attached hydrogens (tertiary/aromatic N) is 3. The largest absolute Gasteiger partial charge is 0.344 e. The zero-order chi connectivity index (χ0) is 18.6. The second-order valence-electron chi connectivity index (χ2n) is 5.77. The van der Waals surface area contributed by atoms with E-state index in [1.165, 1.54) is 11.3 Å². The molecule has 2 aromatic carbocycles. The Morgan fingerprint density at radius 1 is 1.07 bits per heavy atom. The molecular formula is C20H15ClN4OS. The number of halogens is 1. The maximum atomic E-state index is 12.4. The molecule has 0 saturated carbocycles. The molecule has 4 rings (SSSR count). The van der Waals surface area contributed by atoms with Crippen LogP contribution in [0.15, 0.2) is 72.2 Å². The highest BCUT2D eigenvalue weighted by atomic mass is 35.5. The fraction of sp³-hybridized carbons (Fsp3) is 0.0500. The fourth-order valence-corrected chi connectivity index (χ4v) is 3.56. The van der Waals surface area contributed by atoms with Crippen LogP contribution < -0.4 is 5.32 Å². The first-order chi connectivity index (χ1) is 13.2. The lowest BCUT2D eigenvalue weighted by molar-refractivity contribution is 0.0945. The molecule has 0 fully saturated rings. The Morgan fingerprint density at radius 3 is 2.67 bits per heavy atom. The summed E-state index contributed by atoms with van der Waals surface area (Å²) >= 11 is 7.69. The quantitative estimate of drug-likeness (QED) is 0.539. The van der Waals surface area contributed by atoms with Crippen molar-refractivity contribution in [1.29, 1.82) is 0 Å². The van der Waals surface area contributed by atoms with Crippen LogP contribution in [0, 0.1) is 0 Å². The van der Waals surface area contributed by atoms with Crippen molar-refractivity contribution < 1.29 is 4.79 Å². The smallest absolute Gasteiger partial charge is 0.272 e. The molecule has 2 heterocycles. The van der Waals surface area contributed by atoms with E-state index >= 15 is 0 Å². The Morgan fingerprint density at radius 2 is 1.85 bits per heavy atom. The normalized spacial score (nSPS) is 10.7. The molecule has 134 valence electrons. The van der Waals surface area contributed by atoms with Crippen molar-refractivity contribution in [2.45, 2.75) is 6.54 Å². The summed E-state index contributed by atoms with van der Waals surface area (Å²) in [7, 11) is 0. The summed E-state index contributed by atoms with van der Waals surface area (Å²) in [6, 6.07) is 19.0. The van der Waals surface area contributed by atoms with Crippen molar-refractivity contribution in [2.75, 3.05) is 0 Å². The van der Waals surface area contributed by atoms with Crippen LogP contribution in [-0.2, 0) is 6.54 Å². The van der Waals surface area contributed by atoms with Gasteiger partial charge in [-0.25, -0.2) is 9.67 Å². The van der Waals surface area contributed by atoms with Gasteiger partial charge in [-0.15, -0.1) is 11.3 Å². The number of benzene rings is 2. The molecule has 0 radical (unpaired) electrons. The average Bonchev–Trinajstić information content (AvgIpc) is 3.37. The first-order valence-corrected chi connectivity index (χ1v) is 9.55. The fourth-order valence-electron chi connectivity index (χ4n) is 2.60. The van der Waals surface area contributed by atoms with Crippen LogP contribution in [0.3, 0.4) is 0 Å². The molecule has 27 heavy (non-hydrogen) atoms. The van der Waals surface area contributed by atoms with Gasteiger partial charge in [0.05, 0.1) is 22.9 Å². The van der Waals surface area contributed by atoms with E-state index in [1.54, 1.807) is 23.0 Å². The van der Waals surface area contributed by atoms with Gasteiger partial charge in [0.2, 0.25) is 0 Å². The Kier molecular flexibility index (Phi) is 5.00. The molecule has 7 heteroatoms. The highest BCUT2D eigenvalue weighted by Crippen LogP contribution is 2.22. The minimum atomic E-state index is -0.253. The van der Waals surface area contributed by atoms with E-state index in [1.807, 2.05) is 53.9 Å². The van der Waals surface area contributed by atoms with Gasteiger partial charge in [0.25, 0.3) is 5.91 Å². The van der Waals surface area contributed by atoms with Crippen molar-refractivity contribution in [3.05, 3.63) is 88.0 Å². The number of para-hydroxylation sites is 1. The zero-order valence-corrected chi connectivity index (χ0v) is 15.7. The number of thiazole rings is 1. The summed E-state index contributed by atoms with van der Waals surface area (Å²) < 4.78 is 1.59. The van der Waals surface area contributed by atoms with E-state index in [4.69, 9.17) is 11.6 Å². The van der Waals surface area contributed by atoms with Gasteiger partial charge in [-0.05, 0) is 18.2 Å². The maximum Gasteiger partial charge on any atom is 0.272 e. The maximum absolute atomic E-state index is 12.4. The molecule has 1 amide bonds. The standard InChI is InChI=1S/C20H15ClN4OS/c21-15-8-4-5-9-18(15)25-11-10-16(24-25)20(26)22-12-19-23-17(13-27-19)14-6-2-1-3-7-14/h1-11,13H,12H2,(H,22,26). The van der Waals surface area contributed by atoms with Crippen LogP contribution in [0.2, 0.25) is 5.02 Å². The molecule has 2 aromatic heterocycles. The summed E-state index contributed by atoms with van der Waals surface area (Å²) in [5.74, 6) is -0.253. The van der Waals surface area contributed by atoms with Crippen LogP contribution in [-0.4, -0.2) is 20.7 Å². The first-order valence-electron chi connectivity index (χ1n) is 8.29. The van der Waals surface area contributed by atoms with Gasteiger partial charge in [-0.1, -0.05) is 54.1 Å². The van der Waals surface area contributed by atoms with E-state index in [2.05, 4.69) is 15.4 Å². The molecule has 0 aliphatic rings. The predicted octanol–water partition coefficient (Wildman–Crippen LogP) is 4.58. The van der Waals surface area contributed by atoms with Crippen molar-refractivity contribution in [2.24, 2.45) is 0 Å². The molecule has 0 unspecified atom stereocenters. The van der Waals surface area contributed by atoms with Crippen LogP contribution in [0.1, 0.15) is 15.5 Å². The third-order valence-corrected chi connectivity index (χ3v) is 5.11. The van der Waals surface area contributed by atoms with Crippen LogP contribution in [0.5, 0.6) is 0 Å². The molecule has 0 spiro atoms. The third kappa shape index (κ3) is 3.92. The summed E-state index contributed by atoms with van der Waals surface area (Å²) in [5, 5.41) is 10.6. The van der Waals surface area contributed by atoms with Crippen LogP contribution in [0.25, 0.3) is 16.9 Å². The van der Waals surface area contributed by atoms with E-state index in [-0.39, 0.29) is 5.91 Å². The van der Waals surface area contributed by atoms with Crippen LogP contribution >= 0.6 is 22.9 Å². The minimum Gasteiger partial charge on any atom is -0.344 e. The molecular weight excluding hydrogens is 380 g/mol. The second kappa shape index (κ2) is 7.73. The van der Waals surface area contributed by atoms with Gasteiger partial charge in [-0.2, -0.15) is 5.10 Å². The SMILES string of the molecule is O=C(NCc1nc(-c2ccccc2)cs1)c1ccn(-c2ccccc2Cl)n1. The van der Waals surface area contributed by atoms with Crippen molar-refractivity contribution >= 4 is 28.8 Å². The third-order valence-electron chi connectivity index (χ3n) is 3.94. The Labute approximate surface area is 165 Å². The van der Waals surface area contributed by atoms with Crippen molar-refractivity contribution in [3.63, 3.8) is 0 Å². The number of rotatable bonds is 5. The highest BCUT2D eigenvalue weighted by molar-refractivity contribution is 7.09. The molecule has 0 aliphatic heterocycles. The summed E-state index contributed by atoms with van der Waals surface area (Å²) in [6.45, 7) is 0.356. The van der Waals surface area contributed by atoms with Crippen LogP contribution in [0.4, 0.5) is 0 Å². The van der Waals surface area contributed by atoms with Gasteiger partial charge in [0.15, 0.2) is 5.69 Å². The molecule has 0 saturated heterocycles. The lowest BCUT2D eigenvalue weighted by Crippen LogP contribution is -2.23. The van der Waals surface area contributed by atoms with Gasteiger partial charge in [0.1, 0.15) is 5.01 Å². The lowest BCUT2D eigenvalue weighted by Gasteiger charge is -2.03. The van der Waals surface area contributed by atoms with E-state index in [9.17, 15) is 4.79 Å². The lowest BCUT2D eigenvalue weighted by atomic mass is 10.2. The monoisotopic (exact) mass is 394 g/mol. The van der Waals surface area contributed by atoms with Gasteiger partial charge in [0, 0.05) is 17.1 Å². The van der Waals surface area contributed by atoms with E-state index < -0.39 is 0 Å². The molecule has 0 aliphatic carbocycles. The summed E-state index contributed by atoms with van der Waals surface area (Å²) in [5.41, 5.74) is 3.03. The summed E-state index contributed by atoms with van der Waals surface area (Å²) in [6.07, 6.45) is 1.72. The number of aromatic nitrogens is 3. The highest BCUT2D eigenvalue weighted by Gasteiger charge is 2.12. The number of carbonyl (C=O) groups is 1. The van der Waals surface area contributed by atoms with Crippen molar-refractivity contribution in [3.8, 4) is 16.9 Å². The average molecular weight is 395 g/mol. The second-order valence-corrected chi connectivity index (χ2v) is 7.12. The van der Waals surface area contributed by atoms with Gasteiger partial charge < -0.3 is 5.32 Å². The van der Waals surface area contributed by atoms with E-state index in [0.717, 1.165) is 22.0 Å². The molecule has 4 aromatic rings. The Balaban J connectivity index is 1.42.